The molecule has 8 nitrogen and oxygen atoms in total. The molecule has 1 N–H and O–H groups in total. The van der Waals surface area contributed by atoms with Crippen molar-refractivity contribution in [2.24, 2.45) is 0 Å². The maximum atomic E-state index is 12.4. The van der Waals surface area contributed by atoms with E-state index in [1.807, 2.05) is 0 Å². The number of tetrazole rings is 1. The molecular formula is C19H17Cl2N5O3. The molecule has 0 saturated carbocycles. The van der Waals surface area contributed by atoms with Gasteiger partial charge in [-0.25, -0.2) is 9.48 Å². The number of aromatic nitrogens is 4. The average Bonchev–Trinajstić information content (AvgIpc) is 3.22. The number of ether oxygens (including phenoxy) is 1. The van der Waals surface area contributed by atoms with Gasteiger partial charge in [0.1, 0.15) is 6.33 Å². The highest BCUT2D eigenvalue weighted by Crippen LogP contribution is 2.26. The third-order valence-corrected chi connectivity index (χ3v) is 4.72. The first-order chi connectivity index (χ1) is 13.8. The summed E-state index contributed by atoms with van der Waals surface area (Å²) in [6, 6.07) is 11.1. The van der Waals surface area contributed by atoms with Crippen LogP contribution in [0, 0.1) is 0 Å². The van der Waals surface area contributed by atoms with E-state index in [1.54, 1.807) is 49.4 Å². The van der Waals surface area contributed by atoms with E-state index in [0.717, 1.165) is 0 Å². The Bertz CT molecular complexity index is 1010. The number of amides is 1. The van der Waals surface area contributed by atoms with Crippen LogP contribution in [-0.4, -0.2) is 38.2 Å². The Balaban J connectivity index is 1.59. The molecule has 0 aliphatic carbocycles. The van der Waals surface area contributed by atoms with E-state index in [9.17, 15) is 9.59 Å². The van der Waals surface area contributed by atoms with Crippen molar-refractivity contribution < 1.29 is 14.3 Å². The molecule has 150 valence electrons. The lowest BCUT2D eigenvalue weighted by molar-refractivity contribution is -0.129. The average molecular weight is 434 g/mol. The first kappa shape index (κ1) is 20.8. The standard InChI is InChI=1S/C19H17Cl2N5O3/c1-11(16-8-5-14(20)9-17(16)21)23-18(27)12(2)29-19(28)13-3-6-15(7-4-13)26-10-22-24-25-26/h3-12H,1-2H3,(H,23,27)/t11-,12+/m1/s1. The molecule has 2 atom stereocenters. The molecule has 0 fully saturated rings. The maximum Gasteiger partial charge on any atom is 0.338 e. The van der Waals surface area contributed by atoms with Gasteiger partial charge in [0.2, 0.25) is 0 Å². The minimum absolute atomic E-state index is 0.301. The van der Waals surface area contributed by atoms with Crippen LogP contribution in [0.2, 0.25) is 10.0 Å². The lowest BCUT2D eigenvalue weighted by Crippen LogP contribution is -2.37. The molecule has 0 unspecified atom stereocenters. The Morgan fingerprint density at radius 1 is 1.10 bits per heavy atom. The molecule has 0 aliphatic rings. The minimum Gasteiger partial charge on any atom is -0.449 e. The van der Waals surface area contributed by atoms with E-state index >= 15 is 0 Å². The zero-order chi connectivity index (χ0) is 21.0. The number of hydrogen-bond acceptors (Lipinski definition) is 6. The molecule has 2 aromatic carbocycles. The highest BCUT2D eigenvalue weighted by molar-refractivity contribution is 6.35. The summed E-state index contributed by atoms with van der Waals surface area (Å²) in [4.78, 5) is 24.7. The number of nitrogens with one attached hydrogen (secondary N) is 1. The van der Waals surface area contributed by atoms with Gasteiger partial charge in [0.05, 0.1) is 17.3 Å². The Labute approximate surface area is 176 Å². The van der Waals surface area contributed by atoms with Crippen LogP contribution in [-0.2, 0) is 9.53 Å². The van der Waals surface area contributed by atoms with E-state index in [-0.39, 0.29) is 6.04 Å². The molecule has 3 rings (SSSR count). The molecule has 10 heteroatoms. The van der Waals surface area contributed by atoms with Gasteiger partial charge in [-0.15, -0.1) is 5.10 Å². The predicted octanol–water partition coefficient (Wildman–Crippen LogP) is 3.39. The van der Waals surface area contributed by atoms with E-state index in [0.29, 0.717) is 26.9 Å². The Kier molecular flexibility index (Phi) is 6.46. The van der Waals surface area contributed by atoms with Gasteiger partial charge >= 0.3 is 5.97 Å². The topological polar surface area (TPSA) is 99.0 Å². The van der Waals surface area contributed by atoms with Crippen molar-refractivity contribution in [1.29, 1.82) is 0 Å². The third-order valence-electron chi connectivity index (χ3n) is 4.16. The van der Waals surface area contributed by atoms with Gasteiger partial charge in [0.25, 0.3) is 5.91 Å². The predicted molar refractivity (Wildman–Crippen MR) is 107 cm³/mol. The van der Waals surface area contributed by atoms with Crippen LogP contribution in [0.1, 0.15) is 35.8 Å². The fourth-order valence-corrected chi connectivity index (χ4v) is 3.15. The van der Waals surface area contributed by atoms with Gasteiger partial charge in [-0.2, -0.15) is 0 Å². The number of benzene rings is 2. The van der Waals surface area contributed by atoms with Crippen LogP contribution in [0.5, 0.6) is 0 Å². The van der Waals surface area contributed by atoms with Crippen molar-refractivity contribution in [3.05, 3.63) is 70.0 Å². The lowest BCUT2D eigenvalue weighted by Gasteiger charge is -2.19. The quantitative estimate of drug-likeness (QED) is 0.598. The van der Waals surface area contributed by atoms with E-state index in [2.05, 4.69) is 20.8 Å². The summed E-state index contributed by atoms with van der Waals surface area (Å²) in [5.74, 6) is -1.06. The molecule has 0 spiro atoms. The molecular weight excluding hydrogens is 417 g/mol. The second-order valence-corrected chi connectivity index (χ2v) is 7.09. The first-order valence-electron chi connectivity index (χ1n) is 8.65. The van der Waals surface area contributed by atoms with E-state index in [4.69, 9.17) is 27.9 Å². The fourth-order valence-electron chi connectivity index (χ4n) is 2.57. The van der Waals surface area contributed by atoms with Crippen molar-refractivity contribution in [2.75, 3.05) is 0 Å². The largest absolute Gasteiger partial charge is 0.449 e. The van der Waals surface area contributed by atoms with Gasteiger partial charge in [-0.05, 0) is 66.2 Å². The van der Waals surface area contributed by atoms with Crippen LogP contribution in [0.15, 0.2) is 48.8 Å². The van der Waals surface area contributed by atoms with Crippen molar-refractivity contribution in [1.82, 2.24) is 25.5 Å². The van der Waals surface area contributed by atoms with Crippen LogP contribution in [0.4, 0.5) is 0 Å². The van der Waals surface area contributed by atoms with Crippen LogP contribution in [0.3, 0.4) is 0 Å². The van der Waals surface area contributed by atoms with Crippen LogP contribution in [0.25, 0.3) is 5.69 Å². The van der Waals surface area contributed by atoms with Crippen molar-refractivity contribution >= 4 is 35.1 Å². The minimum atomic E-state index is -0.991. The summed E-state index contributed by atoms with van der Waals surface area (Å²) < 4.78 is 6.72. The number of hydrogen-bond donors (Lipinski definition) is 1. The van der Waals surface area contributed by atoms with Crippen molar-refractivity contribution in [2.45, 2.75) is 26.0 Å². The van der Waals surface area contributed by atoms with E-state index in [1.165, 1.54) is 17.9 Å². The summed E-state index contributed by atoms with van der Waals surface area (Å²) in [5, 5.41) is 14.6. The molecule has 1 heterocycles. The SMILES string of the molecule is C[C@H](OC(=O)c1ccc(-n2cnnn2)cc1)C(=O)N[C@H](C)c1ccc(Cl)cc1Cl. The monoisotopic (exact) mass is 433 g/mol. The number of esters is 1. The van der Waals surface area contributed by atoms with Gasteiger partial charge in [-0.3, -0.25) is 4.79 Å². The molecule has 29 heavy (non-hydrogen) atoms. The van der Waals surface area contributed by atoms with Gasteiger partial charge < -0.3 is 10.1 Å². The van der Waals surface area contributed by atoms with E-state index < -0.39 is 18.0 Å². The second-order valence-electron chi connectivity index (χ2n) is 6.24. The third kappa shape index (κ3) is 5.10. The number of carbonyl (C=O) groups excluding carboxylic acids is 2. The fraction of sp³-hybridized carbons (Fsp3) is 0.211. The molecule has 0 saturated heterocycles. The highest BCUT2D eigenvalue weighted by Gasteiger charge is 2.22. The Hall–Kier alpha value is -2.97. The zero-order valence-electron chi connectivity index (χ0n) is 15.5. The smallest absolute Gasteiger partial charge is 0.338 e. The molecule has 0 aliphatic heterocycles. The van der Waals surface area contributed by atoms with Crippen LogP contribution < -0.4 is 5.32 Å². The summed E-state index contributed by atoms with van der Waals surface area (Å²) >= 11 is 12.1. The summed E-state index contributed by atoms with van der Waals surface area (Å²) in [6.45, 7) is 3.28. The van der Waals surface area contributed by atoms with Gasteiger partial charge in [0, 0.05) is 10.0 Å². The van der Waals surface area contributed by atoms with Gasteiger partial charge in [-0.1, -0.05) is 29.3 Å². The normalized spacial score (nSPS) is 12.8. The zero-order valence-corrected chi connectivity index (χ0v) is 17.1. The van der Waals surface area contributed by atoms with Crippen molar-refractivity contribution in [3.63, 3.8) is 0 Å². The lowest BCUT2D eigenvalue weighted by atomic mass is 10.1. The molecule has 1 amide bonds. The number of carbonyl (C=O) groups is 2. The molecule has 1 aromatic heterocycles. The summed E-state index contributed by atoms with van der Waals surface area (Å²) in [7, 11) is 0. The molecule has 0 bridgehead atoms. The number of halogens is 2. The second kappa shape index (κ2) is 9.02. The Morgan fingerprint density at radius 3 is 2.45 bits per heavy atom. The summed E-state index contributed by atoms with van der Waals surface area (Å²) in [5.41, 5.74) is 1.70. The molecule has 3 aromatic rings. The highest BCUT2D eigenvalue weighted by atomic mass is 35.5. The number of nitrogens with zero attached hydrogens (tertiary/aromatic N) is 4. The van der Waals surface area contributed by atoms with Gasteiger partial charge in [0.15, 0.2) is 6.10 Å². The maximum absolute atomic E-state index is 12.4. The number of rotatable bonds is 6. The van der Waals surface area contributed by atoms with Crippen LogP contribution >= 0.6 is 23.2 Å². The molecule has 0 radical (unpaired) electrons. The van der Waals surface area contributed by atoms with Crippen molar-refractivity contribution in [3.8, 4) is 5.69 Å². The summed E-state index contributed by atoms with van der Waals surface area (Å²) in [6.07, 6.45) is 0.448. The first-order valence-corrected chi connectivity index (χ1v) is 9.40. The Morgan fingerprint density at radius 2 is 1.83 bits per heavy atom.